The molecular formula is C23H36N5O9P. The van der Waals surface area contributed by atoms with E-state index in [4.69, 9.17) is 33.5 Å². The molecule has 2 heterocycles. The van der Waals surface area contributed by atoms with Gasteiger partial charge in [0.05, 0.1) is 30.9 Å². The van der Waals surface area contributed by atoms with Crippen LogP contribution in [0.4, 0.5) is 5.95 Å². The second-order valence-corrected chi connectivity index (χ2v) is 12.7. The van der Waals surface area contributed by atoms with Crippen LogP contribution < -0.4 is 10.5 Å². The number of fused-ring (bicyclic) bond motifs is 1. The number of methoxy groups -OCH3 is 1. The molecule has 38 heavy (non-hydrogen) atoms. The third-order valence-corrected chi connectivity index (χ3v) is 7.01. The Labute approximate surface area is 221 Å². The highest BCUT2D eigenvalue weighted by molar-refractivity contribution is 7.48. The van der Waals surface area contributed by atoms with Crippen molar-refractivity contribution < 1.29 is 41.9 Å². The van der Waals surface area contributed by atoms with Crippen molar-refractivity contribution in [2.45, 2.75) is 60.4 Å². The molecule has 2 N–H and O–H groups in total. The van der Waals surface area contributed by atoms with Crippen LogP contribution in [0.2, 0.25) is 0 Å². The lowest BCUT2D eigenvalue weighted by Gasteiger charge is -2.36. The summed E-state index contributed by atoms with van der Waals surface area (Å²) in [6, 6.07) is 0.0503. The van der Waals surface area contributed by atoms with Crippen molar-refractivity contribution in [3.8, 4) is 5.88 Å². The van der Waals surface area contributed by atoms with Crippen molar-refractivity contribution in [3.63, 3.8) is 0 Å². The number of nitrogen functional groups attached to an aromatic ring is 1. The lowest BCUT2D eigenvalue weighted by Crippen LogP contribution is -2.30. The standard InChI is InChI=1S/C23H36N5O9P/c1-22(2,3)19(29)33-12-36-38(31,37-13-34-20(30)23(4,5)6)35-10-14-8-15(9-14)28-11-25-16-17(28)26-21(24)27-18(16)32-7/h11,14-15H,8-10,12-13H2,1-7H3,(H2,24,26,27). The Balaban J connectivity index is 1.58. The summed E-state index contributed by atoms with van der Waals surface area (Å²) < 4.78 is 46.3. The van der Waals surface area contributed by atoms with Gasteiger partial charge in [0.15, 0.2) is 11.2 Å². The Morgan fingerprint density at radius 2 is 1.55 bits per heavy atom. The van der Waals surface area contributed by atoms with Crippen LogP contribution in [0.25, 0.3) is 11.2 Å². The van der Waals surface area contributed by atoms with Gasteiger partial charge in [-0.05, 0) is 60.3 Å². The van der Waals surface area contributed by atoms with Crippen LogP contribution in [0.3, 0.4) is 0 Å². The molecule has 0 aromatic carbocycles. The van der Waals surface area contributed by atoms with Crippen LogP contribution in [-0.4, -0.2) is 58.8 Å². The zero-order valence-corrected chi connectivity index (χ0v) is 23.6. The number of nitrogens with zero attached hydrogens (tertiary/aromatic N) is 4. The van der Waals surface area contributed by atoms with Gasteiger partial charge >= 0.3 is 19.8 Å². The Kier molecular flexibility index (Phi) is 9.02. The second kappa shape index (κ2) is 11.5. The van der Waals surface area contributed by atoms with Crippen LogP contribution in [0.5, 0.6) is 5.88 Å². The van der Waals surface area contributed by atoms with Crippen molar-refractivity contribution in [3.05, 3.63) is 6.33 Å². The molecule has 1 fully saturated rings. The predicted octanol–water partition coefficient (Wildman–Crippen LogP) is 3.62. The Hall–Kier alpha value is -2.80. The minimum atomic E-state index is -4.23. The van der Waals surface area contributed by atoms with Crippen molar-refractivity contribution in [2.75, 3.05) is 33.0 Å². The molecule has 212 valence electrons. The number of ether oxygens (including phenoxy) is 3. The normalized spacial score (nSPS) is 18.2. The molecule has 15 heteroatoms. The van der Waals surface area contributed by atoms with Crippen molar-refractivity contribution >= 4 is 36.9 Å². The van der Waals surface area contributed by atoms with Gasteiger partial charge in [0.1, 0.15) is 0 Å². The van der Waals surface area contributed by atoms with Crippen LogP contribution in [-0.2, 0) is 37.2 Å². The number of aromatic nitrogens is 4. The van der Waals surface area contributed by atoms with E-state index in [0.29, 0.717) is 29.9 Å². The number of hydrogen-bond donors (Lipinski definition) is 1. The SMILES string of the molecule is COc1nc(N)nc2c1ncn2C1CC(COP(=O)(OCOC(=O)C(C)(C)C)OCOC(=O)C(C)(C)C)C1. The average molecular weight is 558 g/mol. The molecule has 3 rings (SSSR count). The summed E-state index contributed by atoms with van der Waals surface area (Å²) in [6.45, 7) is 8.72. The largest absolute Gasteiger partial charge is 0.480 e. The van der Waals surface area contributed by atoms with Crippen LogP contribution in [0.1, 0.15) is 60.4 Å². The number of rotatable bonds is 11. The third kappa shape index (κ3) is 7.40. The monoisotopic (exact) mass is 557 g/mol. The summed E-state index contributed by atoms with van der Waals surface area (Å²) in [4.78, 5) is 36.7. The molecule has 2 aromatic rings. The zero-order chi connectivity index (χ0) is 28.3. The van der Waals surface area contributed by atoms with E-state index in [2.05, 4.69) is 15.0 Å². The molecule has 1 saturated carbocycles. The smallest absolute Gasteiger partial charge is 0.479 e. The van der Waals surface area contributed by atoms with Crippen LogP contribution >= 0.6 is 7.82 Å². The molecule has 1 aliphatic rings. The number of anilines is 1. The highest BCUT2D eigenvalue weighted by Gasteiger charge is 2.37. The van der Waals surface area contributed by atoms with Gasteiger partial charge < -0.3 is 24.5 Å². The van der Waals surface area contributed by atoms with Gasteiger partial charge in [-0.2, -0.15) is 9.97 Å². The topological polar surface area (TPSA) is 176 Å². The fourth-order valence-electron chi connectivity index (χ4n) is 3.41. The maximum Gasteiger partial charge on any atom is 0.480 e. The number of esters is 2. The van der Waals surface area contributed by atoms with Gasteiger partial charge in [-0.3, -0.25) is 14.1 Å². The molecule has 14 nitrogen and oxygen atoms in total. The molecule has 0 bridgehead atoms. The quantitative estimate of drug-likeness (QED) is 0.241. The van der Waals surface area contributed by atoms with Gasteiger partial charge in [-0.25, -0.2) is 18.6 Å². The molecule has 0 amide bonds. The molecule has 0 unspecified atom stereocenters. The number of hydrogen-bond acceptors (Lipinski definition) is 13. The second-order valence-electron chi connectivity index (χ2n) is 11.0. The first-order valence-electron chi connectivity index (χ1n) is 12.0. The van der Waals surface area contributed by atoms with E-state index < -0.39 is 44.2 Å². The van der Waals surface area contributed by atoms with E-state index in [9.17, 15) is 14.2 Å². The lowest BCUT2D eigenvalue weighted by molar-refractivity contribution is -0.163. The fraction of sp³-hybridized carbons (Fsp3) is 0.696. The van der Waals surface area contributed by atoms with E-state index in [-0.39, 0.29) is 24.5 Å². The maximum absolute atomic E-state index is 13.2. The number of nitrogens with two attached hydrogens (primary N) is 1. The summed E-state index contributed by atoms with van der Waals surface area (Å²) in [5.74, 6) is -0.740. The Morgan fingerprint density at radius 3 is 2.05 bits per heavy atom. The molecular weight excluding hydrogens is 521 g/mol. The Bertz CT molecular complexity index is 1160. The predicted molar refractivity (Wildman–Crippen MR) is 135 cm³/mol. The van der Waals surface area contributed by atoms with E-state index in [0.717, 1.165) is 0 Å². The van der Waals surface area contributed by atoms with Gasteiger partial charge in [0.25, 0.3) is 0 Å². The highest BCUT2D eigenvalue weighted by atomic mass is 31.2. The fourth-order valence-corrected chi connectivity index (χ4v) is 4.39. The minimum absolute atomic E-state index is 0.00769. The first-order chi connectivity index (χ1) is 17.6. The minimum Gasteiger partial charge on any atom is -0.479 e. The highest BCUT2D eigenvalue weighted by Crippen LogP contribution is 2.51. The third-order valence-electron chi connectivity index (χ3n) is 5.70. The first kappa shape index (κ1) is 29.8. The zero-order valence-electron chi connectivity index (χ0n) is 22.8. The van der Waals surface area contributed by atoms with Crippen LogP contribution in [0, 0.1) is 16.7 Å². The van der Waals surface area contributed by atoms with E-state index in [1.165, 1.54) is 7.11 Å². The molecule has 1 aliphatic carbocycles. The first-order valence-corrected chi connectivity index (χ1v) is 13.5. The van der Waals surface area contributed by atoms with Crippen molar-refractivity contribution in [2.24, 2.45) is 16.7 Å². The van der Waals surface area contributed by atoms with Crippen molar-refractivity contribution in [1.82, 2.24) is 19.5 Å². The summed E-state index contributed by atoms with van der Waals surface area (Å²) in [5, 5.41) is 0. The molecule has 0 aliphatic heterocycles. The number of imidazole rings is 1. The van der Waals surface area contributed by atoms with E-state index in [1.807, 2.05) is 4.57 Å². The lowest BCUT2D eigenvalue weighted by atomic mass is 9.81. The van der Waals surface area contributed by atoms with Gasteiger partial charge in [-0.15, -0.1) is 0 Å². The molecule has 0 saturated heterocycles. The van der Waals surface area contributed by atoms with Gasteiger partial charge in [-0.1, -0.05) is 0 Å². The maximum atomic E-state index is 13.2. The van der Waals surface area contributed by atoms with Crippen molar-refractivity contribution in [1.29, 1.82) is 0 Å². The molecule has 0 spiro atoms. The number of carbonyl (C=O) groups excluding carboxylic acids is 2. The summed E-state index contributed by atoms with van der Waals surface area (Å²) in [5.41, 5.74) is 5.28. The average Bonchev–Trinajstić information content (AvgIpc) is 3.19. The van der Waals surface area contributed by atoms with E-state index >= 15 is 0 Å². The number of phosphoric ester groups is 1. The van der Waals surface area contributed by atoms with Crippen LogP contribution in [0.15, 0.2) is 6.33 Å². The summed E-state index contributed by atoms with van der Waals surface area (Å²) in [7, 11) is -2.75. The Morgan fingerprint density at radius 1 is 1.00 bits per heavy atom. The molecule has 2 aromatic heterocycles. The van der Waals surface area contributed by atoms with Gasteiger partial charge in [0.2, 0.25) is 25.4 Å². The molecule has 0 radical (unpaired) electrons. The van der Waals surface area contributed by atoms with E-state index in [1.54, 1.807) is 47.9 Å². The number of phosphoric acid groups is 1. The summed E-state index contributed by atoms with van der Waals surface area (Å²) in [6.07, 6.45) is 2.97. The number of carbonyl (C=O) groups is 2. The summed E-state index contributed by atoms with van der Waals surface area (Å²) >= 11 is 0. The van der Waals surface area contributed by atoms with Gasteiger partial charge in [0, 0.05) is 6.04 Å². The molecule has 0 atom stereocenters.